The van der Waals surface area contributed by atoms with Crippen LogP contribution in [0.2, 0.25) is 0 Å². The summed E-state index contributed by atoms with van der Waals surface area (Å²) in [5.41, 5.74) is -0.223. The summed E-state index contributed by atoms with van der Waals surface area (Å²) in [6.45, 7) is 8.77. The third-order valence-electron chi connectivity index (χ3n) is 2.56. The van der Waals surface area contributed by atoms with Crippen molar-refractivity contribution in [2.24, 2.45) is 5.41 Å². The number of carbonyl (C=O) groups excluding carboxylic acids is 2. The van der Waals surface area contributed by atoms with Crippen LogP contribution in [0.15, 0.2) is 0 Å². The van der Waals surface area contributed by atoms with Crippen LogP contribution >= 0.6 is 0 Å². The van der Waals surface area contributed by atoms with Gasteiger partial charge in [-0.15, -0.1) is 0 Å². The molecule has 0 radical (unpaired) electrons. The average Bonchev–Trinajstić information content (AvgIpc) is 2.09. The zero-order valence-electron chi connectivity index (χ0n) is 9.96. The fourth-order valence-electron chi connectivity index (χ4n) is 1.75. The second-order valence-electron chi connectivity index (χ2n) is 5.13. The number of piperazine rings is 1. The molecule has 0 spiro atoms. The number of nitrogens with one attached hydrogen (secondary N) is 1. The molecule has 4 nitrogen and oxygen atoms in total. The first-order chi connectivity index (χ1) is 6.86. The van der Waals surface area contributed by atoms with E-state index in [2.05, 4.69) is 5.32 Å². The van der Waals surface area contributed by atoms with Gasteiger partial charge in [-0.2, -0.15) is 0 Å². The lowest BCUT2D eigenvalue weighted by atomic mass is 9.85. The number of nitrogens with zero attached hydrogens (tertiary/aromatic N) is 1. The lowest BCUT2D eigenvalue weighted by Crippen LogP contribution is -2.62. The van der Waals surface area contributed by atoms with E-state index in [4.69, 9.17) is 0 Å². The third kappa shape index (κ3) is 2.70. The zero-order valence-corrected chi connectivity index (χ0v) is 9.96. The third-order valence-corrected chi connectivity index (χ3v) is 2.56. The summed E-state index contributed by atoms with van der Waals surface area (Å²) in [6, 6.07) is -0.384. The molecule has 1 rings (SSSR count). The van der Waals surface area contributed by atoms with E-state index < -0.39 is 0 Å². The molecule has 0 bridgehead atoms. The van der Waals surface area contributed by atoms with Gasteiger partial charge in [0.25, 0.3) is 0 Å². The number of hydrogen-bond donors (Lipinski definition) is 1. The van der Waals surface area contributed by atoms with Crippen molar-refractivity contribution in [3.63, 3.8) is 0 Å². The fourth-order valence-corrected chi connectivity index (χ4v) is 1.75. The summed E-state index contributed by atoms with van der Waals surface area (Å²) in [4.78, 5) is 25.1. The molecule has 0 aromatic rings. The van der Waals surface area contributed by atoms with Crippen molar-refractivity contribution in [1.29, 1.82) is 0 Å². The fraction of sp³-hybridized carbons (Fsp3) is 0.818. The van der Waals surface area contributed by atoms with Crippen LogP contribution in [0, 0.1) is 5.41 Å². The normalized spacial score (nSPS) is 22.9. The predicted octanol–water partition coefficient (Wildman–Crippen LogP) is 0.769. The van der Waals surface area contributed by atoms with Crippen molar-refractivity contribution in [2.45, 2.75) is 40.2 Å². The number of rotatable bonds is 2. The van der Waals surface area contributed by atoms with Gasteiger partial charge in [0.05, 0.1) is 6.54 Å². The van der Waals surface area contributed by atoms with Gasteiger partial charge in [-0.3, -0.25) is 9.59 Å². The molecule has 1 heterocycles. The Kier molecular flexibility index (Phi) is 3.37. The Morgan fingerprint density at radius 3 is 2.47 bits per heavy atom. The summed E-state index contributed by atoms with van der Waals surface area (Å²) >= 11 is 0. The zero-order chi connectivity index (χ0) is 11.6. The first kappa shape index (κ1) is 12.0. The molecule has 86 valence electrons. The smallest absolute Gasteiger partial charge is 0.246 e. The van der Waals surface area contributed by atoms with Crippen LogP contribution in [-0.2, 0) is 9.59 Å². The quantitative estimate of drug-likeness (QED) is 0.735. The van der Waals surface area contributed by atoms with Crippen molar-refractivity contribution in [3.05, 3.63) is 0 Å². The van der Waals surface area contributed by atoms with Crippen molar-refractivity contribution in [3.8, 4) is 0 Å². The molecule has 15 heavy (non-hydrogen) atoms. The van der Waals surface area contributed by atoms with Crippen molar-refractivity contribution in [1.82, 2.24) is 10.2 Å². The maximum Gasteiger partial charge on any atom is 0.246 e. The molecule has 0 aliphatic carbocycles. The van der Waals surface area contributed by atoms with Crippen LogP contribution < -0.4 is 5.32 Å². The minimum atomic E-state index is -0.384. The topological polar surface area (TPSA) is 49.4 Å². The van der Waals surface area contributed by atoms with Crippen molar-refractivity contribution < 1.29 is 9.59 Å². The summed E-state index contributed by atoms with van der Waals surface area (Å²) in [6.07, 6.45) is 0.885. The molecule has 0 aromatic heterocycles. The van der Waals surface area contributed by atoms with E-state index in [1.165, 1.54) is 0 Å². The Labute approximate surface area is 91.0 Å². The van der Waals surface area contributed by atoms with Gasteiger partial charge < -0.3 is 10.2 Å². The molecule has 1 N–H and O–H groups in total. The lowest BCUT2D eigenvalue weighted by molar-refractivity contribution is -0.147. The van der Waals surface area contributed by atoms with Crippen LogP contribution in [0.5, 0.6) is 0 Å². The molecule has 1 saturated heterocycles. The van der Waals surface area contributed by atoms with Gasteiger partial charge >= 0.3 is 0 Å². The second kappa shape index (κ2) is 4.21. The highest BCUT2D eigenvalue weighted by molar-refractivity contribution is 5.95. The molecule has 1 fully saturated rings. The highest BCUT2D eigenvalue weighted by Crippen LogP contribution is 2.23. The molecule has 1 atom stereocenters. The largest absolute Gasteiger partial charge is 0.342 e. The Hall–Kier alpha value is -1.06. The predicted molar refractivity (Wildman–Crippen MR) is 58.3 cm³/mol. The lowest BCUT2D eigenvalue weighted by Gasteiger charge is -2.38. The van der Waals surface area contributed by atoms with Gasteiger partial charge in [-0.1, -0.05) is 27.7 Å². The maximum atomic E-state index is 12.0. The van der Waals surface area contributed by atoms with E-state index in [0.29, 0.717) is 6.54 Å². The molecule has 1 unspecified atom stereocenters. The van der Waals surface area contributed by atoms with Crippen LogP contribution in [0.25, 0.3) is 0 Å². The van der Waals surface area contributed by atoms with Crippen LogP contribution in [0.1, 0.15) is 34.1 Å². The molecule has 0 saturated carbocycles. The maximum absolute atomic E-state index is 12.0. The first-order valence-electron chi connectivity index (χ1n) is 5.44. The van der Waals surface area contributed by atoms with E-state index >= 15 is 0 Å². The standard InChI is InChI=1S/C11H20N2O2/c1-5-6-13-7-8(14)12-9(10(13)15)11(2,3)4/h9H,5-7H2,1-4H3,(H,12,14). The summed E-state index contributed by atoms with van der Waals surface area (Å²) in [5.74, 6) is -0.00748. The SMILES string of the molecule is CCCN1CC(=O)NC(C(C)(C)C)C1=O. The van der Waals surface area contributed by atoms with Crippen molar-refractivity contribution >= 4 is 11.8 Å². The van der Waals surface area contributed by atoms with E-state index in [1.54, 1.807) is 4.90 Å². The van der Waals surface area contributed by atoms with Crippen molar-refractivity contribution in [2.75, 3.05) is 13.1 Å². The number of amides is 2. The van der Waals surface area contributed by atoms with E-state index in [9.17, 15) is 9.59 Å². The van der Waals surface area contributed by atoms with Gasteiger partial charge in [0, 0.05) is 6.54 Å². The Morgan fingerprint density at radius 2 is 2.00 bits per heavy atom. The van der Waals surface area contributed by atoms with E-state index in [-0.39, 0.29) is 29.8 Å². The van der Waals surface area contributed by atoms with Crippen LogP contribution in [-0.4, -0.2) is 35.8 Å². The second-order valence-corrected chi connectivity index (χ2v) is 5.13. The number of hydrogen-bond acceptors (Lipinski definition) is 2. The molecule has 1 aliphatic rings. The Balaban J connectivity index is 2.81. The first-order valence-corrected chi connectivity index (χ1v) is 5.44. The Morgan fingerprint density at radius 1 is 1.40 bits per heavy atom. The van der Waals surface area contributed by atoms with Crippen LogP contribution in [0.3, 0.4) is 0 Å². The molecule has 2 amide bonds. The monoisotopic (exact) mass is 212 g/mol. The molecular formula is C11H20N2O2. The van der Waals surface area contributed by atoms with Gasteiger partial charge in [-0.05, 0) is 11.8 Å². The molecule has 4 heteroatoms. The van der Waals surface area contributed by atoms with Crippen LogP contribution in [0.4, 0.5) is 0 Å². The Bertz CT molecular complexity index is 268. The summed E-state index contributed by atoms with van der Waals surface area (Å²) in [5, 5.41) is 2.76. The van der Waals surface area contributed by atoms with Gasteiger partial charge in [-0.25, -0.2) is 0 Å². The average molecular weight is 212 g/mol. The van der Waals surface area contributed by atoms with E-state index in [1.807, 2.05) is 27.7 Å². The van der Waals surface area contributed by atoms with Gasteiger partial charge in [0.15, 0.2) is 0 Å². The summed E-state index contributed by atoms with van der Waals surface area (Å²) in [7, 11) is 0. The molecule has 1 aliphatic heterocycles. The highest BCUT2D eigenvalue weighted by atomic mass is 16.2. The minimum Gasteiger partial charge on any atom is -0.342 e. The molecule has 0 aromatic carbocycles. The van der Waals surface area contributed by atoms with E-state index in [0.717, 1.165) is 6.42 Å². The number of carbonyl (C=O) groups is 2. The minimum absolute atomic E-state index is 0.0453. The summed E-state index contributed by atoms with van der Waals surface area (Å²) < 4.78 is 0. The molecular weight excluding hydrogens is 192 g/mol. The van der Waals surface area contributed by atoms with Gasteiger partial charge in [0.1, 0.15) is 6.04 Å². The highest BCUT2D eigenvalue weighted by Gasteiger charge is 2.39. The van der Waals surface area contributed by atoms with Gasteiger partial charge in [0.2, 0.25) is 11.8 Å².